The Hall–Kier alpha value is -5.20. The zero-order valence-corrected chi connectivity index (χ0v) is 22.6. The summed E-state index contributed by atoms with van der Waals surface area (Å²) < 4.78 is 0. The van der Waals surface area contributed by atoms with Gasteiger partial charge >= 0.3 is 0 Å². The number of hydrogen-bond acceptors (Lipinski definition) is 0. The minimum absolute atomic E-state index is 1.28. The van der Waals surface area contributed by atoms with Crippen molar-refractivity contribution in [3.8, 4) is 11.1 Å². The predicted octanol–water partition coefficient (Wildman–Crippen LogP) is 11.8. The Balaban J connectivity index is 1.54. The zero-order chi connectivity index (χ0) is 26.8. The third-order valence-corrected chi connectivity index (χ3v) is 9.66. The van der Waals surface area contributed by atoms with Gasteiger partial charge in [0.2, 0.25) is 0 Å². The maximum absolute atomic E-state index is 2.50. The molecule has 0 N–H and O–H groups in total. The topological polar surface area (TPSA) is 0 Å². The first-order chi connectivity index (χ1) is 20.3. The van der Waals surface area contributed by atoms with Crippen LogP contribution in [0.3, 0.4) is 0 Å². The molecule has 0 aromatic heterocycles. The fourth-order valence-electron chi connectivity index (χ4n) is 7.97. The third kappa shape index (κ3) is 2.61. The molecule has 0 saturated carbocycles. The van der Waals surface area contributed by atoms with E-state index in [2.05, 4.69) is 134 Å². The minimum Gasteiger partial charge on any atom is -0.0616 e. The van der Waals surface area contributed by atoms with Crippen LogP contribution in [0.15, 0.2) is 127 Å². The van der Waals surface area contributed by atoms with Crippen LogP contribution in [0, 0.1) is 6.92 Å². The van der Waals surface area contributed by atoms with E-state index in [1.807, 2.05) is 0 Å². The number of rotatable bonds is 1. The molecule has 10 aromatic carbocycles. The smallest absolute Gasteiger partial charge is 0.00136 e. The number of aryl methyl sites for hydroxylation is 1. The first kappa shape index (κ1) is 21.6. The molecule has 0 aliphatic heterocycles. The average molecular weight is 517 g/mol. The highest BCUT2D eigenvalue weighted by Gasteiger charge is 2.22. The summed E-state index contributed by atoms with van der Waals surface area (Å²) in [5.41, 5.74) is 3.98. The standard InChI is InChI=1S/C41H24/c1-23-17-18-24-9-2-3-10-25(24)38(23)33-20-19-32-27-12-5-7-14-29(27)36-21-34-31-16-8-15-30-26-11-4-6-13-28(26)35(39(30)31)22-37(34)41(33)40(32)36/h2-22H,1H3. The molecule has 0 aliphatic rings. The van der Waals surface area contributed by atoms with Crippen molar-refractivity contribution in [2.24, 2.45) is 0 Å². The van der Waals surface area contributed by atoms with Gasteiger partial charge in [-0.2, -0.15) is 0 Å². The molecular formula is C41H24. The molecule has 0 unspecified atom stereocenters. The van der Waals surface area contributed by atoms with E-state index in [1.165, 1.54) is 103 Å². The molecule has 0 radical (unpaired) electrons. The zero-order valence-electron chi connectivity index (χ0n) is 22.6. The van der Waals surface area contributed by atoms with Crippen LogP contribution in [-0.2, 0) is 0 Å². The van der Waals surface area contributed by atoms with E-state index in [9.17, 15) is 0 Å². The number of hydrogen-bond donors (Lipinski definition) is 0. The molecule has 0 heterocycles. The average Bonchev–Trinajstić information content (AvgIpc) is 3.52. The van der Waals surface area contributed by atoms with Crippen molar-refractivity contribution >= 4 is 86.2 Å². The molecular weight excluding hydrogens is 492 g/mol. The normalized spacial score (nSPS) is 12.5. The van der Waals surface area contributed by atoms with Crippen molar-refractivity contribution in [3.05, 3.63) is 133 Å². The van der Waals surface area contributed by atoms with Gasteiger partial charge in [-0.1, -0.05) is 115 Å². The Morgan fingerprint density at radius 3 is 1.56 bits per heavy atom. The molecule has 0 bridgehead atoms. The summed E-state index contributed by atoms with van der Waals surface area (Å²) in [6, 6.07) is 47.9. The van der Waals surface area contributed by atoms with Gasteiger partial charge in [-0.25, -0.2) is 0 Å². The molecule has 10 rings (SSSR count). The van der Waals surface area contributed by atoms with E-state index >= 15 is 0 Å². The second kappa shape index (κ2) is 7.50. The molecule has 188 valence electrons. The summed E-state index contributed by atoms with van der Waals surface area (Å²) in [7, 11) is 0. The van der Waals surface area contributed by atoms with E-state index in [1.54, 1.807) is 0 Å². The lowest BCUT2D eigenvalue weighted by Crippen LogP contribution is -1.90. The van der Waals surface area contributed by atoms with Crippen molar-refractivity contribution < 1.29 is 0 Å². The van der Waals surface area contributed by atoms with Gasteiger partial charge in [0.15, 0.2) is 0 Å². The summed E-state index contributed by atoms with van der Waals surface area (Å²) in [5, 5.41) is 21.6. The van der Waals surface area contributed by atoms with E-state index in [0.29, 0.717) is 0 Å². The van der Waals surface area contributed by atoms with Crippen molar-refractivity contribution in [1.29, 1.82) is 0 Å². The van der Waals surface area contributed by atoms with Crippen LogP contribution < -0.4 is 0 Å². The number of benzene rings is 8. The summed E-state index contributed by atoms with van der Waals surface area (Å²) >= 11 is 0. The lowest BCUT2D eigenvalue weighted by molar-refractivity contribution is 1.50. The van der Waals surface area contributed by atoms with Gasteiger partial charge in [0.1, 0.15) is 0 Å². The van der Waals surface area contributed by atoms with Crippen LogP contribution in [0.1, 0.15) is 5.56 Å². The van der Waals surface area contributed by atoms with Gasteiger partial charge in [0, 0.05) is 0 Å². The van der Waals surface area contributed by atoms with Crippen LogP contribution in [0.4, 0.5) is 0 Å². The molecule has 41 heavy (non-hydrogen) atoms. The van der Waals surface area contributed by atoms with Crippen molar-refractivity contribution in [2.75, 3.05) is 0 Å². The van der Waals surface area contributed by atoms with Gasteiger partial charge in [-0.15, -0.1) is 0 Å². The minimum atomic E-state index is 1.28. The Bertz CT molecular complexity index is 2690. The quantitative estimate of drug-likeness (QED) is 0.190. The maximum Gasteiger partial charge on any atom is -0.00136 e. The molecule has 0 heteroatoms. The van der Waals surface area contributed by atoms with Gasteiger partial charge in [0.05, 0.1) is 0 Å². The van der Waals surface area contributed by atoms with Crippen LogP contribution in [-0.4, -0.2) is 0 Å². The van der Waals surface area contributed by atoms with E-state index in [-0.39, 0.29) is 0 Å². The molecule has 0 nitrogen and oxygen atoms in total. The SMILES string of the molecule is Cc1ccc2ccccc2c1-c1ccc2c3ccccc3c3cc4c(cc5c6ccccc6c6cccc4c65)c1c23. The summed E-state index contributed by atoms with van der Waals surface area (Å²) in [6.45, 7) is 2.26. The van der Waals surface area contributed by atoms with Crippen molar-refractivity contribution in [2.45, 2.75) is 6.92 Å². The van der Waals surface area contributed by atoms with Crippen LogP contribution >= 0.6 is 0 Å². The predicted molar refractivity (Wildman–Crippen MR) is 179 cm³/mol. The maximum atomic E-state index is 2.50. The summed E-state index contributed by atoms with van der Waals surface area (Å²) in [4.78, 5) is 0. The Kier molecular flexibility index (Phi) is 3.95. The summed E-state index contributed by atoms with van der Waals surface area (Å²) in [5.74, 6) is 0. The van der Waals surface area contributed by atoms with E-state index < -0.39 is 0 Å². The second-order valence-electron chi connectivity index (χ2n) is 11.7. The van der Waals surface area contributed by atoms with E-state index in [4.69, 9.17) is 0 Å². The van der Waals surface area contributed by atoms with Crippen LogP contribution in [0.25, 0.3) is 97.3 Å². The second-order valence-corrected chi connectivity index (χ2v) is 11.7. The Morgan fingerprint density at radius 2 is 0.829 bits per heavy atom. The van der Waals surface area contributed by atoms with Gasteiger partial charge in [0.25, 0.3) is 0 Å². The molecule has 0 spiro atoms. The van der Waals surface area contributed by atoms with E-state index in [0.717, 1.165) is 0 Å². The van der Waals surface area contributed by atoms with Crippen LogP contribution in [0.2, 0.25) is 0 Å². The lowest BCUT2D eigenvalue weighted by atomic mass is 9.86. The van der Waals surface area contributed by atoms with Crippen LogP contribution in [0.5, 0.6) is 0 Å². The fourth-order valence-corrected chi connectivity index (χ4v) is 7.97. The van der Waals surface area contributed by atoms with Crippen molar-refractivity contribution in [1.82, 2.24) is 0 Å². The van der Waals surface area contributed by atoms with Gasteiger partial charge in [-0.3, -0.25) is 0 Å². The fraction of sp³-hybridized carbons (Fsp3) is 0.0244. The first-order valence-corrected chi connectivity index (χ1v) is 14.5. The highest BCUT2D eigenvalue weighted by Crippen LogP contribution is 2.50. The third-order valence-electron chi connectivity index (χ3n) is 9.66. The summed E-state index contributed by atoms with van der Waals surface area (Å²) in [6.07, 6.45) is 0. The Morgan fingerprint density at radius 1 is 0.317 bits per heavy atom. The van der Waals surface area contributed by atoms with Crippen molar-refractivity contribution in [3.63, 3.8) is 0 Å². The van der Waals surface area contributed by atoms with Gasteiger partial charge < -0.3 is 0 Å². The molecule has 0 saturated heterocycles. The number of fused-ring (bicyclic) bond motifs is 10. The molecule has 10 aromatic rings. The van der Waals surface area contributed by atoms with Gasteiger partial charge in [-0.05, 0) is 122 Å². The monoisotopic (exact) mass is 516 g/mol. The molecule has 0 aliphatic carbocycles. The molecule has 0 amide bonds. The molecule has 0 atom stereocenters. The highest BCUT2D eigenvalue weighted by atomic mass is 14.2. The largest absolute Gasteiger partial charge is 0.0616 e. The lowest BCUT2D eigenvalue weighted by Gasteiger charge is -2.17. The molecule has 0 fully saturated rings. The first-order valence-electron chi connectivity index (χ1n) is 14.5. The highest BCUT2D eigenvalue weighted by molar-refractivity contribution is 6.42. The Labute approximate surface area is 236 Å².